The number of nitrogens with one attached hydrogen (secondary N) is 1. The van der Waals surface area contributed by atoms with E-state index in [0.717, 1.165) is 31.7 Å². The summed E-state index contributed by atoms with van der Waals surface area (Å²) >= 11 is 0. The van der Waals surface area contributed by atoms with Crippen LogP contribution in [0.3, 0.4) is 0 Å². The molecule has 3 heteroatoms. The van der Waals surface area contributed by atoms with Crippen molar-refractivity contribution in [3.8, 4) is 0 Å². The van der Waals surface area contributed by atoms with Gasteiger partial charge < -0.3 is 16.8 Å². The Labute approximate surface area is 79.1 Å². The second kappa shape index (κ2) is 5.56. The molecular weight excluding hydrogens is 162 g/mol. The summed E-state index contributed by atoms with van der Waals surface area (Å²) in [7, 11) is 0. The number of nitrogens with two attached hydrogens (primary N) is 2. The Kier molecular flexibility index (Phi) is 4.29. The van der Waals surface area contributed by atoms with Gasteiger partial charge in [-0.2, -0.15) is 0 Å². The maximum absolute atomic E-state index is 5.64. The van der Waals surface area contributed by atoms with Crippen LogP contribution < -0.4 is 16.8 Å². The lowest BCUT2D eigenvalue weighted by Gasteiger charge is -2.04. The first-order valence-electron chi connectivity index (χ1n) is 4.58. The van der Waals surface area contributed by atoms with Crippen LogP contribution in [0.4, 0.5) is 5.69 Å². The molecule has 0 aliphatic carbocycles. The number of anilines is 1. The Morgan fingerprint density at radius 3 is 2.85 bits per heavy atom. The Bertz CT molecular complexity index is 248. The quantitative estimate of drug-likeness (QED) is 0.460. The van der Waals surface area contributed by atoms with Gasteiger partial charge in [0.2, 0.25) is 0 Å². The van der Waals surface area contributed by atoms with Crippen molar-refractivity contribution in [2.75, 3.05) is 18.8 Å². The Morgan fingerprint density at radius 1 is 1.31 bits per heavy atom. The summed E-state index contributed by atoms with van der Waals surface area (Å²) in [6, 6.07) is 7.90. The van der Waals surface area contributed by atoms with E-state index in [1.807, 2.05) is 18.2 Å². The normalized spacial score (nSPS) is 10.2. The summed E-state index contributed by atoms with van der Waals surface area (Å²) in [5, 5.41) is 3.29. The second-order valence-electron chi connectivity index (χ2n) is 3.06. The zero-order valence-electron chi connectivity index (χ0n) is 7.79. The maximum Gasteiger partial charge on any atom is 0.0317 e. The summed E-state index contributed by atoms with van der Waals surface area (Å²) in [6.45, 7) is 2.57. The average Bonchev–Trinajstić information content (AvgIpc) is 2.13. The van der Waals surface area contributed by atoms with Crippen LogP contribution in [0.15, 0.2) is 24.3 Å². The van der Waals surface area contributed by atoms with Gasteiger partial charge in [0.25, 0.3) is 0 Å². The molecule has 0 radical (unpaired) electrons. The van der Waals surface area contributed by atoms with E-state index < -0.39 is 0 Å². The first-order chi connectivity index (χ1) is 6.33. The highest BCUT2D eigenvalue weighted by Gasteiger charge is 1.92. The molecule has 3 nitrogen and oxygen atoms in total. The van der Waals surface area contributed by atoms with Crippen molar-refractivity contribution in [1.29, 1.82) is 0 Å². The number of nitrogen functional groups attached to an aromatic ring is 1. The largest absolute Gasteiger partial charge is 0.399 e. The molecule has 0 saturated carbocycles. The molecule has 0 saturated heterocycles. The Balaban J connectivity index is 2.28. The van der Waals surface area contributed by atoms with E-state index in [4.69, 9.17) is 11.5 Å². The lowest BCUT2D eigenvalue weighted by molar-refractivity contribution is 0.655. The van der Waals surface area contributed by atoms with Crippen molar-refractivity contribution >= 4 is 5.69 Å². The van der Waals surface area contributed by atoms with Crippen molar-refractivity contribution in [3.63, 3.8) is 0 Å². The molecule has 0 amide bonds. The van der Waals surface area contributed by atoms with E-state index in [9.17, 15) is 0 Å². The first kappa shape index (κ1) is 10.0. The van der Waals surface area contributed by atoms with Crippen LogP contribution in [0.5, 0.6) is 0 Å². The average molecular weight is 179 g/mol. The molecule has 13 heavy (non-hydrogen) atoms. The first-order valence-corrected chi connectivity index (χ1v) is 4.58. The second-order valence-corrected chi connectivity index (χ2v) is 3.06. The minimum Gasteiger partial charge on any atom is -0.399 e. The van der Waals surface area contributed by atoms with Crippen molar-refractivity contribution in [2.24, 2.45) is 5.73 Å². The van der Waals surface area contributed by atoms with Crippen LogP contribution in [-0.2, 0) is 6.54 Å². The molecule has 0 aliphatic heterocycles. The zero-order valence-corrected chi connectivity index (χ0v) is 7.79. The van der Waals surface area contributed by atoms with E-state index in [1.54, 1.807) is 0 Å². The van der Waals surface area contributed by atoms with Gasteiger partial charge in [-0.15, -0.1) is 0 Å². The van der Waals surface area contributed by atoms with Crippen LogP contribution in [-0.4, -0.2) is 13.1 Å². The summed E-state index contributed by atoms with van der Waals surface area (Å²) in [4.78, 5) is 0. The number of hydrogen-bond acceptors (Lipinski definition) is 3. The highest BCUT2D eigenvalue weighted by molar-refractivity contribution is 5.40. The van der Waals surface area contributed by atoms with Crippen molar-refractivity contribution in [1.82, 2.24) is 5.32 Å². The Hall–Kier alpha value is -1.06. The summed E-state index contributed by atoms with van der Waals surface area (Å²) < 4.78 is 0. The Morgan fingerprint density at radius 2 is 2.15 bits per heavy atom. The zero-order chi connectivity index (χ0) is 9.52. The molecule has 0 atom stereocenters. The van der Waals surface area contributed by atoms with Gasteiger partial charge in [0, 0.05) is 12.2 Å². The molecule has 5 N–H and O–H groups in total. The van der Waals surface area contributed by atoms with Crippen molar-refractivity contribution in [3.05, 3.63) is 29.8 Å². The van der Waals surface area contributed by atoms with E-state index >= 15 is 0 Å². The van der Waals surface area contributed by atoms with Gasteiger partial charge >= 0.3 is 0 Å². The van der Waals surface area contributed by atoms with Crippen LogP contribution in [0.1, 0.15) is 12.0 Å². The SMILES string of the molecule is NCCCNCc1cccc(N)c1. The predicted octanol–water partition coefficient (Wildman–Crippen LogP) is 0.707. The van der Waals surface area contributed by atoms with E-state index in [2.05, 4.69) is 11.4 Å². The van der Waals surface area contributed by atoms with Crippen LogP contribution in [0.2, 0.25) is 0 Å². The van der Waals surface area contributed by atoms with Gasteiger partial charge in [0.15, 0.2) is 0 Å². The molecule has 0 aromatic heterocycles. The molecule has 0 fully saturated rings. The number of hydrogen-bond donors (Lipinski definition) is 3. The van der Waals surface area contributed by atoms with Gasteiger partial charge in [-0.3, -0.25) is 0 Å². The number of rotatable bonds is 5. The van der Waals surface area contributed by atoms with Gasteiger partial charge in [0.05, 0.1) is 0 Å². The minimum atomic E-state index is 0.740. The molecule has 72 valence electrons. The molecule has 0 heterocycles. The van der Waals surface area contributed by atoms with Crippen LogP contribution in [0, 0.1) is 0 Å². The third-order valence-corrected chi connectivity index (χ3v) is 1.84. The van der Waals surface area contributed by atoms with Gasteiger partial charge in [0.1, 0.15) is 0 Å². The molecule has 1 rings (SSSR count). The standard InChI is InChI=1S/C10H17N3/c11-5-2-6-13-8-9-3-1-4-10(12)7-9/h1,3-4,7,13H,2,5-6,8,11-12H2. The number of benzene rings is 1. The fraction of sp³-hybridized carbons (Fsp3) is 0.400. The third-order valence-electron chi connectivity index (χ3n) is 1.84. The molecule has 0 unspecified atom stereocenters. The van der Waals surface area contributed by atoms with Gasteiger partial charge in [-0.05, 0) is 37.2 Å². The van der Waals surface area contributed by atoms with Gasteiger partial charge in [-0.25, -0.2) is 0 Å². The molecule has 0 aliphatic rings. The third kappa shape index (κ3) is 3.92. The van der Waals surface area contributed by atoms with Gasteiger partial charge in [-0.1, -0.05) is 12.1 Å². The van der Waals surface area contributed by atoms with Crippen molar-refractivity contribution in [2.45, 2.75) is 13.0 Å². The lowest BCUT2D eigenvalue weighted by atomic mass is 10.2. The molecule has 0 spiro atoms. The topological polar surface area (TPSA) is 64.1 Å². The van der Waals surface area contributed by atoms with Crippen LogP contribution in [0.25, 0.3) is 0 Å². The van der Waals surface area contributed by atoms with E-state index in [1.165, 1.54) is 5.56 Å². The molecule has 1 aromatic rings. The van der Waals surface area contributed by atoms with E-state index in [0.29, 0.717) is 0 Å². The molecule has 1 aromatic carbocycles. The van der Waals surface area contributed by atoms with Crippen LogP contribution >= 0.6 is 0 Å². The maximum atomic E-state index is 5.64. The van der Waals surface area contributed by atoms with E-state index in [-0.39, 0.29) is 0 Å². The smallest absolute Gasteiger partial charge is 0.0317 e. The minimum absolute atomic E-state index is 0.740. The fourth-order valence-electron chi connectivity index (χ4n) is 1.16. The summed E-state index contributed by atoms with van der Waals surface area (Å²) in [5.41, 5.74) is 13.1. The van der Waals surface area contributed by atoms with Crippen molar-refractivity contribution < 1.29 is 0 Å². The summed E-state index contributed by atoms with van der Waals surface area (Å²) in [5.74, 6) is 0. The highest BCUT2D eigenvalue weighted by Crippen LogP contribution is 2.05. The molecule has 0 bridgehead atoms. The predicted molar refractivity (Wildman–Crippen MR) is 56.2 cm³/mol. The monoisotopic (exact) mass is 179 g/mol. The molecular formula is C10H17N3. The summed E-state index contributed by atoms with van der Waals surface area (Å²) in [6.07, 6.45) is 1.02. The highest BCUT2D eigenvalue weighted by atomic mass is 14.8. The lowest BCUT2D eigenvalue weighted by Crippen LogP contribution is -2.17. The fourth-order valence-corrected chi connectivity index (χ4v) is 1.16.